The highest BCUT2D eigenvalue weighted by Gasteiger charge is 2.13. The van der Waals surface area contributed by atoms with Crippen molar-refractivity contribution in [3.8, 4) is 22.7 Å². The molecule has 0 amide bonds. The highest BCUT2D eigenvalue weighted by molar-refractivity contribution is 5.68. The molecule has 3 rings (SSSR count). The van der Waals surface area contributed by atoms with E-state index in [-0.39, 0.29) is 5.75 Å². The monoisotopic (exact) mass is 264 g/mol. The lowest BCUT2D eigenvalue weighted by molar-refractivity contribution is 0.477. The Morgan fingerprint density at radius 3 is 2.40 bits per heavy atom. The molecule has 3 heteroatoms. The van der Waals surface area contributed by atoms with Gasteiger partial charge in [-0.15, -0.1) is 0 Å². The van der Waals surface area contributed by atoms with E-state index in [0.717, 1.165) is 22.5 Å². The Kier molecular flexibility index (Phi) is 3.03. The molecular weight excluding hydrogens is 248 g/mol. The van der Waals surface area contributed by atoms with E-state index in [4.69, 9.17) is 0 Å². The zero-order valence-electron chi connectivity index (χ0n) is 11.5. The van der Waals surface area contributed by atoms with Crippen LogP contribution in [-0.2, 0) is 0 Å². The number of rotatable bonds is 2. The first kappa shape index (κ1) is 12.5. The van der Waals surface area contributed by atoms with Crippen LogP contribution < -0.4 is 0 Å². The SMILES string of the molecule is Cc1ccc(-n2ncc(O)c2-c2cccc(C)c2)cc1. The van der Waals surface area contributed by atoms with Crippen LogP contribution in [-0.4, -0.2) is 14.9 Å². The number of hydrogen-bond acceptors (Lipinski definition) is 2. The van der Waals surface area contributed by atoms with Gasteiger partial charge in [0.25, 0.3) is 0 Å². The van der Waals surface area contributed by atoms with Crippen LogP contribution in [0.5, 0.6) is 5.75 Å². The van der Waals surface area contributed by atoms with Gasteiger partial charge in [0, 0.05) is 5.56 Å². The van der Waals surface area contributed by atoms with E-state index in [0.29, 0.717) is 0 Å². The van der Waals surface area contributed by atoms with Gasteiger partial charge in [-0.25, -0.2) is 4.68 Å². The summed E-state index contributed by atoms with van der Waals surface area (Å²) in [4.78, 5) is 0. The van der Waals surface area contributed by atoms with Gasteiger partial charge in [0.15, 0.2) is 5.75 Å². The minimum Gasteiger partial charge on any atom is -0.504 e. The van der Waals surface area contributed by atoms with E-state index < -0.39 is 0 Å². The minimum absolute atomic E-state index is 0.191. The molecular formula is C17H16N2O. The van der Waals surface area contributed by atoms with Gasteiger partial charge < -0.3 is 5.11 Å². The molecule has 1 aromatic heterocycles. The Morgan fingerprint density at radius 2 is 1.70 bits per heavy atom. The molecule has 0 aliphatic carbocycles. The van der Waals surface area contributed by atoms with Gasteiger partial charge in [0.05, 0.1) is 11.9 Å². The predicted octanol–water partition coefficient (Wildman–Crippen LogP) is 3.86. The number of benzene rings is 2. The van der Waals surface area contributed by atoms with Crippen LogP contribution in [0.15, 0.2) is 54.7 Å². The Morgan fingerprint density at radius 1 is 0.950 bits per heavy atom. The Bertz CT molecular complexity index is 742. The van der Waals surface area contributed by atoms with Gasteiger partial charge >= 0.3 is 0 Å². The van der Waals surface area contributed by atoms with E-state index in [1.54, 1.807) is 4.68 Å². The van der Waals surface area contributed by atoms with Crippen LogP contribution in [0.3, 0.4) is 0 Å². The summed E-state index contributed by atoms with van der Waals surface area (Å²) in [5, 5.41) is 14.4. The molecule has 0 radical (unpaired) electrons. The Labute approximate surface area is 118 Å². The summed E-state index contributed by atoms with van der Waals surface area (Å²) in [5.74, 6) is 0.191. The first-order chi connectivity index (χ1) is 9.65. The molecule has 0 saturated heterocycles. The third kappa shape index (κ3) is 2.18. The zero-order valence-corrected chi connectivity index (χ0v) is 11.5. The van der Waals surface area contributed by atoms with E-state index in [1.807, 2.05) is 62.4 Å². The van der Waals surface area contributed by atoms with Crippen molar-refractivity contribution in [2.24, 2.45) is 0 Å². The lowest BCUT2D eigenvalue weighted by Gasteiger charge is -2.09. The fraction of sp³-hybridized carbons (Fsp3) is 0.118. The number of hydrogen-bond donors (Lipinski definition) is 1. The van der Waals surface area contributed by atoms with E-state index in [9.17, 15) is 5.11 Å². The fourth-order valence-corrected chi connectivity index (χ4v) is 2.28. The Balaban J connectivity index is 2.17. The minimum atomic E-state index is 0.191. The fourth-order valence-electron chi connectivity index (χ4n) is 2.28. The van der Waals surface area contributed by atoms with Crippen LogP contribution in [0.4, 0.5) is 0 Å². The second-order valence-electron chi connectivity index (χ2n) is 5.00. The lowest BCUT2D eigenvalue weighted by Crippen LogP contribution is -1.99. The van der Waals surface area contributed by atoms with Crippen molar-refractivity contribution in [3.05, 3.63) is 65.9 Å². The highest BCUT2D eigenvalue weighted by Crippen LogP contribution is 2.31. The van der Waals surface area contributed by atoms with Gasteiger partial charge in [-0.05, 0) is 32.0 Å². The summed E-state index contributed by atoms with van der Waals surface area (Å²) in [6.45, 7) is 4.08. The van der Waals surface area contributed by atoms with Crippen LogP contribution in [0, 0.1) is 13.8 Å². The molecule has 2 aromatic carbocycles. The van der Waals surface area contributed by atoms with E-state index >= 15 is 0 Å². The number of aromatic hydroxyl groups is 1. The number of nitrogens with zero attached hydrogens (tertiary/aromatic N) is 2. The van der Waals surface area contributed by atoms with Crippen molar-refractivity contribution < 1.29 is 5.11 Å². The summed E-state index contributed by atoms with van der Waals surface area (Å²) >= 11 is 0. The number of aromatic nitrogens is 2. The summed E-state index contributed by atoms with van der Waals surface area (Å²) in [7, 11) is 0. The molecule has 0 aliphatic heterocycles. The predicted molar refractivity (Wildman–Crippen MR) is 80.1 cm³/mol. The van der Waals surface area contributed by atoms with Gasteiger partial charge in [-0.3, -0.25) is 0 Å². The molecule has 0 atom stereocenters. The average Bonchev–Trinajstić information content (AvgIpc) is 2.81. The summed E-state index contributed by atoms with van der Waals surface area (Å²) < 4.78 is 1.77. The van der Waals surface area contributed by atoms with Crippen molar-refractivity contribution >= 4 is 0 Å². The molecule has 0 unspecified atom stereocenters. The normalized spacial score (nSPS) is 10.7. The maximum absolute atomic E-state index is 10.1. The molecule has 1 N–H and O–H groups in total. The molecule has 3 nitrogen and oxygen atoms in total. The zero-order chi connectivity index (χ0) is 14.1. The first-order valence-electron chi connectivity index (χ1n) is 6.56. The van der Waals surface area contributed by atoms with Gasteiger partial charge in [0.1, 0.15) is 5.69 Å². The van der Waals surface area contributed by atoms with Crippen molar-refractivity contribution in [1.82, 2.24) is 9.78 Å². The summed E-state index contributed by atoms with van der Waals surface area (Å²) in [5.41, 5.74) is 4.96. The average molecular weight is 264 g/mol. The van der Waals surface area contributed by atoms with Gasteiger partial charge in [-0.2, -0.15) is 5.10 Å². The molecule has 0 saturated carbocycles. The molecule has 100 valence electrons. The second-order valence-corrected chi connectivity index (χ2v) is 5.00. The standard InChI is InChI=1S/C17H16N2O/c1-12-6-8-15(9-7-12)19-17(16(20)11-18-19)14-5-3-4-13(2)10-14/h3-11,20H,1-2H3. The molecule has 1 heterocycles. The summed E-state index contributed by atoms with van der Waals surface area (Å²) in [6, 6.07) is 16.1. The molecule has 0 spiro atoms. The maximum Gasteiger partial charge on any atom is 0.162 e. The molecule has 0 aliphatic rings. The molecule has 0 bridgehead atoms. The quantitative estimate of drug-likeness (QED) is 0.763. The van der Waals surface area contributed by atoms with Crippen molar-refractivity contribution in [1.29, 1.82) is 0 Å². The second kappa shape index (κ2) is 4.85. The number of aryl methyl sites for hydroxylation is 2. The van der Waals surface area contributed by atoms with Crippen molar-refractivity contribution in [2.45, 2.75) is 13.8 Å². The first-order valence-corrected chi connectivity index (χ1v) is 6.56. The van der Waals surface area contributed by atoms with Crippen LogP contribution in [0.2, 0.25) is 0 Å². The molecule has 0 fully saturated rings. The third-order valence-electron chi connectivity index (χ3n) is 3.32. The van der Waals surface area contributed by atoms with Crippen LogP contribution in [0.25, 0.3) is 16.9 Å². The Hall–Kier alpha value is -2.55. The topological polar surface area (TPSA) is 38.0 Å². The highest BCUT2D eigenvalue weighted by atomic mass is 16.3. The van der Waals surface area contributed by atoms with Gasteiger partial charge in [0.2, 0.25) is 0 Å². The van der Waals surface area contributed by atoms with Crippen LogP contribution in [0.1, 0.15) is 11.1 Å². The van der Waals surface area contributed by atoms with E-state index in [2.05, 4.69) is 5.10 Å². The van der Waals surface area contributed by atoms with Crippen molar-refractivity contribution in [2.75, 3.05) is 0 Å². The van der Waals surface area contributed by atoms with Gasteiger partial charge in [-0.1, -0.05) is 41.5 Å². The van der Waals surface area contributed by atoms with Crippen molar-refractivity contribution in [3.63, 3.8) is 0 Å². The third-order valence-corrected chi connectivity index (χ3v) is 3.32. The van der Waals surface area contributed by atoms with Crippen LogP contribution >= 0.6 is 0 Å². The van der Waals surface area contributed by atoms with E-state index in [1.165, 1.54) is 11.8 Å². The molecule has 3 aromatic rings. The largest absolute Gasteiger partial charge is 0.504 e. The molecule has 20 heavy (non-hydrogen) atoms. The maximum atomic E-state index is 10.1. The lowest BCUT2D eigenvalue weighted by atomic mass is 10.1. The summed E-state index contributed by atoms with van der Waals surface area (Å²) in [6.07, 6.45) is 1.48. The smallest absolute Gasteiger partial charge is 0.162 e.